The third-order valence-corrected chi connectivity index (χ3v) is 4.57. The molecule has 1 saturated heterocycles. The minimum Gasteiger partial charge on any atom is -0.352 e. The van der Waals surface area contributed by atoms with Crippen molar-refractivity contribution >= 4 is 5.91 Å². The summed E-state index contributed by atoms with van der Waals surface area (Å²) in [4.78, 5) is 12.1. The summed E-state index contributed by atoms with van der Waals surface area (Å²) in [5.41, 5.74) is 2.57. The first kappa shape index (κ1) is 9.66. The standard InChI is InChI=1S/C14H16N2O/c17-14(16-13-11-6-15-7-12(11)13)10-5-8-3-1-2-4-9(8)10/h1-4,10-13,15H,5-7H2,(H,16,17). The fraction of sp³-hybridized carbons (Fsp3) is 0.500. The van der Waals surface area contributed by atoms with Crippen molar-refractivity contribution in [3.63, 3.8) is 0 Å². The van der Waals surface area contributed by atoms with Gasteiger partial charge in [-0.3, -0.25) is 4.79 Å². The molecule has 2 aliphatic carbocycles. The Bertz CT molecular complexity index is 475. The average molecular weight is 228 g/mol. The van der Waals surface area contributed by atoms with Crippen LogP contribution in [0, 0.1) is 11.8 Å². The second-order valence-electron chi connectivity index (χ2n) is 5.48. The number of fused-ring (bicyclic) bond motifs is 2. The molecule has 88 valence electrons. The number of rotatable bonds is 2. The zero-order valence-electron chi connectivity index (χ0n) is 9.65. The highest BCUT2D eigenvalue weighted by Crippen LogP contribution is 2.43. The molecule has 1 aromatic carbocycles. The molecule has 3 atom stereocenters. The van der Waals surface area contributed by atoms with E-state index in [0.717, 1.165) is 19.5 Å². The number of nitrogens with one attached hydrogen (secondary N) is 2. The number of benzene rings is 1. The number of carbonyl (C=O) groups is 1. The van der Waals surface area contributed by atoms with Crippen LogP contribution in [0.1, 0.15) is 17.0 Å². The Morgan fingerprint density at radius 3 is 2.76 bits per heavy atom. The molecule has 0 aromatic heterocycles. The predicted octanol–water partition coefficient (Wildman–Crippen LogP) is 0.660. The van der Waals surface area contributed by atoms with Crippen molar-refractivity contribution in [1.82, 2.24) is 10.6 Å². The summed E-state index contributed by atoms with van der Waals surface area (Å²) in [6.07, 6.45) is 0.919. The van der Waals surface area contributed by atoms with Gasteiger partial charge in [-0.15, -0.1) is 0 Å². The van der Waals surface area contributed by atoms with Crippen LogP contribution in [0.2, 0.25) is 0 Å². The van der Waals surface area contributed by atoms with E-state index in [9.17, 15) is 4.79 Å². The van der Waals surface area contributed by atoms with Crippen molar-refractivity contribution in [2.24, 2.45) is 11.8 Å². The molecule has 1 saturated carbocycles. The number of hydrogen-bond acceptors (Lipinski definition) is 2. The number of piperidine rings is 1. The molecule has 0 radical (unpaired) electrons. The number of carbonyl (C=O) groups excluding carboxylic acids is 1. The second kappa shape index (κ2) is 3.33. The Kier molecular flexibility index (Phi) is 1.89. The van der Waals surface area contributed by atoms with Gasteiger partial charge in [-0.25, -0.2) is 0 Å². The van der Waals surface area contributed by atoms with Gasteiger partial charge in [-0.05, 0) is 29.4 Å². The van der Waals surface area contributed by atoms with E-state index in [1.165, 1.54) is 11.1 Å². The van der Waals surface area contributed by atoms with Crippen LogP contribution in [0.15, 0.2) is 24.3 Å². The molecule has 2 N–H and O–H groups in total. The topological polar surface area (TPSA) is 41.1 Å². The minimum absolute atomic E-state index is 0.112. The highest BCUT2D eigenvalue weighted by molar-refractivity contribution is 5.87. The average Bonchev–Trinajstić information content (AvgIpc) is 2.75. The first-order chi connectivity index (χ1) is 8.34. The SMILES string of the molecule is O=C(NC1C2CNCC21)C1Cc2ccccc21. The van der Waals surface area contributed by atoms with E-state index in [1.54, 1.807) is 0 Å². The van der Waals surface area contributed by atoms with Crippen LogP contribution >= 0.6 is 0 Å². The van der Waals surface area contributed by atoms with E-state index >= 15 is 0 Å². The molecule has 0 spiro atoms. The van der Waals surface area contributed by atoms with Gasteiger partial charge >= 0.3 is 0 Å². The summed E-state index contributed by atoms with van der Waals surface area (Å²) >= 11 is 0. The van der Waals surface area contributed by atoms with Gasteiger partial charge in [0.05, 0.1) is 5.92 Å². The molecule has 1 aliphatic heterocycles. The van der Waals surface area contributed by atoms with Crippen LogP contribution in [0.5, 0.6) is 0 Å². The Morgan fingerprint density at radius 1 is 1.24 bits per heavy atom. The molecule has 3 heteroatoms. The number of amides is 1. The van der Waals surface area contributed by atoms with Crippen LogP contribution in [-0.4, -0.2) is 25.0 Å². The highest BCUT2D eigenvalue weighted by atomic mass is 16.2. The van der Waals surface area contributed by atoms with Gasteiger partial charge in [-0.1, -0.05) is 24.3 Å². The van der Waals surface area contributed by atoms with Crippen molar-refractivity contribution in [3.8, 4) is 0 Å². The maximum absolute atomic E-state index is 12.1. The highest BCUT2D eigenvalue weighted by Gasteiger charge is 2.54. The third kappa shape index (κ3) is 1.35. The molecular formula is C14H16N2O. The molecule has 3 unspecified atom stereocenters. The lowest BCUT2D eigenvalue weighted by molar-refractivity contribution is -0.123. The molecule has 3 nitrogen and oxygen atoms in total. The zero-order valence-corrected chi connectivity index (χ0v) is 9.65. The van der Waals surface area contributed by atoms with Crippen molar-refractivity contribution in [1.29, 1.82) is 0 Å². The van der Waals surface area contributed by atoms with Crippen molar-refractivity contribution in [3.05, 3.63) is 35.4 Å². The van der Waals surface area contributed by atoms with Gasteiger partial charge in [0.15, 0.2) is 0 Å². The molecule has 17 heavy (non-hydrogen) atoms. The summed E-state index contributed by atoms with van der Waals surface area (Å²) in [7, 11) is 0. The quantitative estimate of drug-likeness (QED) is 0.781. The van der Waals surface area contributed by atoms with Crippen molar-refractivity contribution in [2.75, 3.05) is 13.1 Å². The largest absolute Gasteiger partial charge is 0.352 e. The van der Waals surface area contributed by atoms with E-state index in [-0.39, 0.29) is 11.8 Å². The first-order valence-electron chi connectivity index (χ1n) is 6.43. The van der Waals surface area contributed by atoms with Gasteiger partial charge in [-0.2, -0.15) is 0 Å². The summed E-state index contributed by atoms with van der Waals surface area (Å²) in [5, 5.41) is 6.57. The van der Waals surface area contributed by atoms with Crippen molar-refractivity contribution < 1.29 is 4.79 Å². The normalized spacial score (nSPS) is 36.7. The number of hydrogen-bond donors (Lipinski definition) is 2. The molecule has 2 fully saturated rings. The van der Waals surface area contributed by atoms with E-state index in [1.807, 2.05) is 12.1 Å². The fourth-order valence-corrected chi connectivity index (χ4v) is 3.39. The smallest absolute Gasteiger partial charge is 0.228 e. The summed E-state index contributed by atoms with van der Waals surface area (Å²) in [5.74, 6) is 1.76. The van der Waals surface area contributed by atoms with Crippen molar-refractivity contribution in [2.45, 2.75) is 18.4 Å². The molecule has 4 rings (SSSR count). The third-order valence-electron chi connectivity index (χ3n) is 4.57. The van der Waals surface area contributed by atoms with Gasteiger partial charge in [0.1, 0.15) is 0 Å². The van der Waals surface area contributed by atoms with Gasteiger partial charge < -0.3 is 10.6 Å². The van der Waals surface area contributed by atoms with E-state index in [0.29, 0.717) is 17.9 Å². The lowest BCUT2D eigenvalue weighted by atomic mass is 9.77. The molecule has 1 heterocycles. The summed E-state index contributed by atoms with van der Waals surface area (Å²) in [6, 6.07) is 8.72. The summed E-state index contributed by atoms with van der Waals surface area (Å²) in [6.45, 7) is 2.16. The predicted molar refractivity (Wildman–Crippen MR) is 64.7 cm³/mol. The van der Waals surface area contributed by atoms with E-state index in [4.69, 9.17) is 0 Å². The fourth-order valence-electron chi connectivity index (χ4n) is 3.39. The van der Waals surface area contributed by atoms with Gasteiger partial charge in [0.25, 0.3) is 0 Å². The summed E-state index contributed by atoms with van der Waals surface area (Å²) < 4.78 is 0. The van der Waals surface area contributed by atoms with Gasteiger partial charge in [0, 0.05) is 19.1 Å². The monoisotopic (exact) mass is 228 g/mol. The van der Waals surface area contributed by atoms with Gasteiger partial charge in [0.2, 0.25) is 5.91 Å². The second-order valence-corrected chi connectivity index (χ2v) is 5.48. The zero-order chi connectivity index (χ0) is 11.4. The molecule has 0 bridgehead atoms. The lowest BCUT2D eigenvalue weighted by Crippen LogP contribution is -2.39. The van der Waals surface area contributed by atoms with Crippen LogP contribution < -0.4 is 10.6 Å². The lowest BCUT2D eigenvalue weighted by Gasteiger charge is -2.29. The van der Waals surface area contributed by atoms with Crippen LogP contribution in [0.4, 0.5) is 0 Å². The van der Waals surface area contributed by atoms with Crippen LogP contribution in [0.25, 0.3) is 0 Å². The maximum atomic E-state index is 12.1. The van der Waals surface area contributed by atoms with Crippen LogP contribution in [-0.2, 0) is 11.2 Å². The Morgan fingerprint density at radius 2 is 2.00 bits per heavy atom. The minimum atomic E-state index is 0.112. The Hall–Kier alpha value is -1.35. The van der Waals surface area contributed by atoms with E-state index in [2.05, 4.69) is 22.8 Å². The van der Waals surface area contributed by atoms with Crippen LogP contribution in [0.3, 0.4) is 0 Å². The first-order valence-corrected chi connectivity index (χ1v) is 6.43. The molecule has 1 aromatic rings. The molecule has 1 amide bonds. The molecule has 3 aliphatic rings. The Balaban J connectivity index is 1.43. The maximum Gasteiger partial charge on any atom is 0.228 e. The Labute approximate surface area is 101 Å². The van der Waals surface area contributed by atoms with E-state index < -0.39 is 0 Å². The molecular weight excluding hydrogens is 212 g/mol.